The van der Waals surface area contributed by atoms with Crippen molar-refractivity contribution < 1.29 is 19.4 Å². The van der Waals surface area contributed by atoms with E-state index in [0.717, 1.165) is 32.4 Å². The lowest BCUT2D eigenvalue weighted by Gasteiger charge is -2.33. The predicted octanol–water partition coefficient (Wildman–Crippen LogP) is 0.954. The Bertz CT molecular complexity index is 564. The lowest BCUT2D eigenvalue weighted by atomic mass is 9.91. The summed E-state index contributed by atoms with van der Waals surface area (Å²) in [5.74, 6) is -0.449. The molecule has 1 saturated heterocycles. The Balaban J connectivity index is 1.61. The van der Waals surface area contributed by atoms with Crippen LogP contribution in [0.2, 0.25) is 0 Å². The number of aromatic nitrogens is 2. The van der Waals surface area contributed by atoms with Crippen molar-refractivity contribution in [3.05, 3.63) is 18.1 Å². The second-order valence-corrected chi connectivity index (χ2v) is 5.69. The molecule has 1 unspecified atom stereocenters. The second-order valence-electron chi connectivity index (χ2n) is 5.69. The zero-order valence-corrected chi connectivity index (χ0v) is 11.8. The first kappa shape index (κ1) is 13.8. The van der Waals surface area contributed by atoms with Crippen LogP contribution in [0.1, 0.15) is 29.8 Å². The molecule has 1 spiro atoms. The highest BCUT2D eigenvalue weighted by Gasteiger charge is 2.59. The van der Waals surface area contributed by atoms with Gasteiger partial charge in [-0.25, -0.2) is 14.8 Å². The molecule has 1 atom stereocenters. The molecule has 0 amide bonds. The van der Waals surface area contributed by atoms with Gasteiger partial charge in [0.1, 0.15) is 5.82 Å². The van der Waals surface area contributed by atoms with Crippen LogP contribution >= 0.6 is 0 Å². The summed E-state index contributed by atoms with van der Waals surface area (Å²) >= 11 is 0. The minimum absolute atomic E-state index is 0.0464. The molecular weight excluding hydrogens is 274 g/mol. The average molecular weight is 291 g/mol. The summed E-state index contributed by atoms with van der Waals surface area (Å²) < 4.78 is 4.82. The Morgan fingerprint density at radius 2 is 2.05 bits per heavy atom. The number of rotatable bonds is 3. The zero-order valence-electron chi connectivity index (χ0n) is 11.8. The van der Waals surface area contributed by atoms with Crippen molar-refractivity contribution in [2.24, 2.45) is 11.3 Å². The maximum atomic E-state index is 11.6. The van der Waals surface area contributed by atoms with Crippen LogP contribution in [-0.2, 0) is 9.53 Å². The Hall–Kier alpha value is -2.18. The zero-order chi connectivity index (χ0) is 15.0. The van der Waals surface area contributed by atoms with Crippen LogP contribution in [0, 0.1) is 11.3 Å². The highest BCUT2D eigenvalue weighted by atomic mass is 16.5. The number of ether oxygens (including phenoxy) is 1. The van der Waals surface area contributed by atoms with E-state index in [2.05, 4.69) is 14.9 Å². The molecule has 3 rings (SSSR count). The largest absolute Gasteiger partial charge is 0.476 e. The summed E-state index contributed by atoms with van der Waals surface area (Å²) in [7, 11) is 1.43. The van der Waals surface area contributed by atoms with Gasteiger partial charge in [0.25, 0.3) is 0 Å². The van der Waals surface area contributed by atoms with E-state index in [1.54, 1.807) is 0 Å². The van der Waals surface area contributed by atoms with Crippen molar-refractivity contribution in [2.45, 2.75) is 19.3 Å². The van der Waals surface area contributed by atoms with Crippen LogP contribution in [-0.4, -0.2) is 47.2 Å². The van der Waals surface area contributed by atoms with E-state index in [1.165, 1.54) is 19.5 Å². The van der Waals surface area contributed by atoms with Crippen LogP contribution < -0.4 is 4.90 Å². The molecule has 2 fully saturated rings. The Morgan fingerprint density at radius 1 is 1.33 bits per heavy atom. The molecule has 0 aromatic carbocycles. The molecule has 1 aliphatic heterocycles. The molecule has 21 heavy (non-hydrogen) atoms. The normalized spacial score (nSPS) is 22.9. The molecule has 7 heteroatoms. The summed E-state index contributed by atoms with van der Waals surface area (Å²) in [6.07, 6.45) is 5.53. The quantitative estimate of drug-likeness (QED) is 0.829. The van der Waals surface area contributed by atoms with Gasteiger partial charge < -0.3 is 14.7 Å². The first-order valence-corrected chi connectivity index (χ1v) is 6.94. The van der Waals surface area contributed by atoms with Gasteiger partial charge in [-0.05, 0) is 24.7 Å². The van der Waals surface area contributed by atoms with Gasteiger partial charge in [0.2, 0.25) is 0 Å². The maximum absolute atomic E-state index is 11.6. The highest BCUT2D eigenvalue weighted by molar-refractivity contribution is 5.84. The van der Waals surface area contributed by atoms with Gasteiger partial charge >= 0.3 is 11.9 Å². The summed E-state index contributed by atoms with van der Waals surface area (Å²) in [4.78, 5) is 32.5. The van der Waals surface area contributed by atoms with E-state index >= 15 is 0 Å². The van der Waals surface area contributed by atoms with Gasteiger partial charge in [-0.3, -0.25) is 4.79 Å². The van der Waals surface area contributed by atoms with Gasteiger partial charge in [0.05, 0.1) is 25.4 Å². The molecule has 1 aromatic rings. The minimum atomic E-state index is -1.08. The Labute approximate surface area is 121 Å². The van der Waals surface area contributed by atoms with E-state index in [-0.39, 0.29) is 23.0 Å². The van der Waals surface area contributed by atoms with E-state index in [9.17, 15) is 9.59 Å². The van der Waals surface area contributed by atoms with Gasteiger partial charge in [0, 0.05) is 13.1 Å². The molecule has 0 bridgehead atoms. The predicted molar refractivity (Wildman–Crippen MR) is 73.0 cm³/mol. The van der Waals surface area contributed by atoms with Gasteiger partial charge in [0.15, 0.2) is 5.69 Å². The highest BCUT2D eigenvalue weighted by Crippen LogP contribution is 2.59. The third kappa shape index (κ3) is 2.43. The third-order valence-corrected chi connectivity index (χ3v) is 4.62. The van der Waals surface area contributed by atoms with Gasteiger partial charge in [-0.2, -0.15) is 0 Å². The van der Waals surface area contributed by atoms with Crippen LogP contribution in [0.4, 0.5) is 5.82 Å². The fourth-order valence-electron chi connectivity index (χ4n) is 3.15. The van der Waals surface area contributed by atoms with Gasteiger partial charge in [-0.1, -0.05) is 0 Å². The SMILES string of the molecule is COC(=O)C1CC12CCN(c1cnc(C(=O)O)cn1)CC2. The molecule has 2 aliphatic rings. The molecule has 1 N–H and O–H groups in total. The topological polar surface area (TPSA) is 92.6 Å². The van der Waals surface area contributed by atoms with Crippen LogP contribution in [0.3, 0.4) is 0 Å². The number of hydrogen-bond acceptors (Lipinski definition) is 6. The fraction of sp³-hybridized carbons (Fsp3) is 0.571. The number of aromatic carboxylic acids is 1. The maximum Gasteiger partial charge on any atom is 0.356 e. The molecular formula is C14H17N3O4. The number of carboxylic acids is 1. The molecule has 1 saturated carbocycles. The smallest absolute Gasteiger partial charge is 0.356 e. The number of anilines is 1. The third-order valence-electron chi connectivity index (χ3n) is 4.62. The summed E-state index contributed by atoms with van der Waals surface area (Å²) in [6, 6.07) is 0. The van der Waals surface area contributed by atoms with Crippen molar-refractivity contribution in [1.82, 2.24) is 9.97 Å². The molecule has 1 aliphatic carbocycles. The lowest BCUT2D eigenvalue weighted by molar-refractivity contribution is -0.143. The van der Waals surface area contributed by atoms with E-state index in [1.807, 2.05) is 0 Å². The molecule has 7 nitrogen and oxygen atoms in total. The number of methoxy groups -OCH3 is 1. The van der Waals surface area contributed by atoms with Crippen molar-refractivity contribution in [2.75, 3.05) is 25.1 Å². The van der Waals surface area contributed by atoms with E-state index in [4.69, 9.17) is 9.84 Å². The second kappa shape index (κ2) is 4.98. The fourth-order valence-corrected chi connectivity index (χ4v) is 3.15. The van der Waals surface area contributed by atoms with Crippen LogP contribution in [0.15, 0.2) is 12.4 Å². The first-order valence-electron chi connectivity index (χ1n) is 6.94. The van der Waals surface area contributed by atoms with Crippen molar-refractivity contribution >= 4 is 17.8 Å². The van der Waals surface area contributed by atoms with E-state index < -0.39 is 5.97 Å². The summed E-state index contributed by atoms with van der Waals surface area (Å²) in [5, 5.41) is 8.81. The Kier molecular flexibility index (Phi) is 3.27. The summed E-state index contributed by atoms with van der Waals surface area (Å²) in [5.41, 5.74) is 0.0538. The minimum Gasteiger partial charge on any atom is -0.476 e. The standard InChI is InChI=1S/C14H17N3O4/c1-21-13(20)9-6-14(9)2-4-17(5-3-14)11-8-15-10(7-16-11)12(18)19/h7-9H,2-6H2,1H3,(H,18,19). The number of hydrogen-bond donors (Lipinski definition) is 1. The number of carboxylic acid groups (broad SMARTS) is 1. The van der Waals surface area contributed by atoms with Crippen LogP contribution in [0.5, 0.6) is 0 Å². The molecule has 0 radical (unpaired) electrons. The number of carbonyl (C=O) groups excluding carboxylic acids is 1. The number of piperidine rings is 1. The number of nitrogens with zero attached hydrogens (tertiary/aromatic N) is 3. The molecule has 112 valence electrons. The van der Waals surface area contributed by atoms with Crippen molar-refractivity contribution in [3.8, 4) is 0 Å². The van der Waals surface area contributed by atoms with Crippen LogP contribution in [0.25, 0.3) is 0 Å². The van der Waals surface area contributed by atoms with E-state index in [0.29, 0.717) is 5.82 Å². The summed E-state index contributed by atoms with van der Waals surface area (Å²) in [6.45, 7) is 1.60. The monoisotopic (exact) mass is 291 g/mol. The average Bonchev–Trinajstić information content (AvgIpc) is 3.21. The number of carbonyl (C=O) groups is 2. The Morgan fingerprint density at radius 3 is 2.57 bits per heavy atom. The van der Waals surface area contributed by atoms with Crippen molar-refractivity contribution in [3.63, 3.8) is 0 Å². The van der Waals surface area contributed by atoms with Gasteiger partial charge in [-0.15, -0.1) is 0 Å². The molecule has 1 aromatic heterocycles. The lowest BCUT2D eigenvalue weighted by Crippen LogP contribution is -2.36. The first-order chi connectivity index (χ1) is 10.1. The number of esters is 1. The molecule has 2 heterocycles. The van der Waals surface area contributed by atoms with Crippen molar-refractivity contribution in [1.29, 1.82) is 0 Å².